The number of nitrogens with two attached hydrogens (primary N) is 1. The molecule has 2 saturated carbocycles. The highest BCUT2D eigenvalue weighted by Crippen LogP contribution is 2.41. The summed E-state index contributed by atoms with van der Waals surface area (Å²) in [6, 6.07) is 0. The summed E-state index contributed by atoms with van der Waals surface area (Å²) in [4.78, 5) is 0. The van der Waals surface area contributed by atoms with Crippen LogP contribution in [0.25, 0.3) is 0 Å². The van der Waals surface area contributed by atoms with Crippen LogP contribution in [-0.2, 0) is 0 Å². The van der Waals surface area contributed by atoms with Crippen LogP contribution in [0.4, 0.5) is 0 Å². The van der Waals surface area contributed by atoms with Crippen LogP contribution in [0, 0.1) is 17.8 Å². The molecule has 0 spiro atoms. The van der Waals surface area contributed by atoms with Crippen LogP contribution in [0.5, 0.6) is 0 Å². The highest BCUT2D eigenvalue weighted by molar-refractivity contribution is 4.82. The Balaban J connectivity index is 1.78. The molecule has 0 radical (unpaired) electrons. The van der Waals surface area contributed by atoms with Crippen molar-refractivity contribution in [3.63, 3.8) is 0 Å². The third kappa shape index (κ3) is 2.01. The van der Waals surface area contributed by atoms with E-state index in [1.165, 1.54) is 44.9 Å². The SMILES string of the molecule is NCC(CC1CC1)C1CCCC1. The van der Waals surface area contributed by atoms with Crippen LogP contribution in [0.1, 0.15) is 44.9 Å². The van der Waals surface area contributed by atoms with Gasteiger partial charge in [-0.1, -0.05) is 38.5 Å². The van der Waals surface area contributed by atoms with Gasteiger partial charge in [0.2, 0.25) is 0 Å². The minimum atomic E-state index is 0.875. The molecule has 2 aliphatic rings. The molecule has 70 valence electrons. The molecule has 1 heteroatoms. The lowest BCUT2D eigenvalue weighted by molar-refractivity contribution is 0.313. The largest absolute Gasteiger partial charge is 0.330 e. The van der Waals surface area contributed by atoms with Gasteiger partial charge in [-0.05, 0) is 30.7 Å². The maximum atomic E-state index is 5.83. The Morgan fingerprint density at radius 2 is 1.75 bits per heavy atom. The van der Waals surface area contributed by atoms with E-state index in [1.807, 2.05) is 0 Å². The summed E-state index contributed by atoms with van der Waals surface area (Å²) in [5.74, 6) is 2.94. The summed E-state index contributed by atoms with van der Waals surface area (Å²) in [7, 11) is 0. The van der Waals surface area contributed by atoms with Gasteiger partial charge < -0.3 is 5.73 Å². The predicted octanol–water partition coefficient (Wildman–Crippen LogP) is 2.55. The van der Waals surface area contributed by atoms with Gasteiger partial charge in [-0.3, -0.25) is 0 Å². The second kappa shape index (κ2) is 3.78. The van der Waals surface area contributed by atoms with E-state index in [0.717, 1.165) is 24.3 Å². The normalized spacial score (nSPS) is 27.8. The fraction of sp³-hybridized carbons (Fsp3) is 1.00. The molecule has 0 saturated heterocycles. The maximum Gasteiger partial charge on any atom is -0.00461 e. The fourth-order valence-corrected chi connectivity index (χ4v) is 2.69. The number of hydrogen-bond donors (Lipinski definition) is 1. The summed E-state index contributed by atoms with van der Waals surface area (Å²) in [5, 5.41) is 0. The second-order valence-corrected chi connectivity index (χ2v) is 4.72. The Morgan fingerprint density at radius 1 is 1.08 bits per heavy atom. The first kappa shape index (κ1) is 8.55. The summed E-state index contributed by atoms with van der Waals surface area (Å²) in [5.41, 5.74) is 5.83. The van der Waals surface area contributed by atoms with Crippen molar-refractivity contribution in [2.45, 2.75) is 44.9 Å². The Labute approximate surface area is 75.7 Å². The molecule has 0 amide bonds. The summed E-state index contributed by atoms with van der Waals surface area (Å²) in [6.45, 7) is 0.946. The minimum absolute atomic E-state index is 0.875. The van der Waals surface area contributed by atoms with Gasteiger partial charge in [-0.15, -0.1) is 0 Å². The summed E-state index contributed by atoms with van der Waals surface area (Å²) < 4.78 is 0. The Bertz CT molecular complexity index is 134. The summed E-state index contributed by atoms with van der Waals surface area (Å²) >= 11 is 0. The first-order valence-corrected chi connectivity index (χ1v) is 5.60. The second-order valence-electron chi connectivity index (χ2n) is 4.72. The van der Waals surface area contributed by atoms with E-state index in [4.69, 9.17) is 5.73 Å². The van der Waals surface area contributed by atoms with Crippen LogP contribution >= 0.6 is 0 Å². The lowest BCUT2D eigenvalue weighted by atomic mass is 9.87. The van der Waals surface area contributed by atoms with E-state index in [0.29, 0.717) is 0 Å². The molecule has 0 aromatic heterocycles. The average molecular weight is 167 g/mol. The Kier molecular flexibility index (Phi) is 2.69. The maximum absolute atomic E-state index is 5.83. The van der Waals surface area contributed by atoms with Crippen LogP contribution in [0.15, 0.2) is 0 Å². The molecule has 0 aromatic rings. The third-order valence-electron chi connectivity index (χ3n) is 3.70. The van der Waals surface area contributed by atoms with Crippen molar-refractivity contribution in [1.82, 2.24) is 0 Å². The molecule has 2 N–H and O–H groups in total. The highest BCUT2D eigenvalue weighted by Gasteiger charge is 2.30. The van der Waals surface area contributed by atoms with Crippen LogP contribution in [0.2, 0.25) is 0 Å². The third-order valence-corrected chi connectivity index (χ3v) is 3.70. The molecule has 1 unspecified atom stereocenters. The minimum Gasteiger partial charge on any atom is -0.330 e. The van der Waals surface area contributed by atoms with Crippen molar-refractivity contribution in [2.24, 2.45) is 23.5 Å². The molecule has 0 bridgehead atoms. The smallest absolute Gasteiger partial charge is 0.00461 e. The zero-order chi connectivity index (χ0) is 8.39. The van der Waals surface area contributed by atoms with Crippen molar-refractivity contribution in [2.75, 3.05) is 6.54 Å². The van der Waals surface area contributed by atoms with Crippen molar-refractivity contribution in [3.05, 3.63) is 0 Å². The molecule has 12 heavy (non-hydrogen) atoms. The van der Waals surface area contributed by atoms with Gasteiger partial charge in [0, 0.05) is 0 Å². The van der Waals surface area contributed by atoms with E-state index in [9.17, 15) is 0 Å². The van der Waals surface area contributed by atoms with Crippen molar-refractivity contribution < 1.29 is 0 Å². The highest BCUT2D eigenvalue weighted by atomic mass is 14.6. The van der Waals surface area contributed by atoms with Crippen molar-refractivity contribution >= 4 is 0 Å². The van der Waals surface area contributed by atoms with Gasteiger partial charge in [0.05, 0.1) is 0 Å². The molecular formula is C11H21N. The first-order chi connectivity index (χ1) is 5.90. The standard InChI is InChI=1S/C11H21N/c12-8-11(7-9-5-6-9)10-3-1-2-4-10/h9-11H,1-8,12H2. The van der Waals surface area contributed by atoms with E-state index in [2.05, 4.69) is 0 Å². The lowest BCUT2D eigenvalue weighted by Gasteiger charge is -2.21. The molecule has 0 aromatic carbocycles. The average Bonchev–Trinajstić information content (AvgIpc) is 2.74. The quantitative estimate of drug-likeness (QED) is 0.684. The molecule has 0 aliphatic heterocycles. The fourth-order valence-electron chi connectivity index (χ4n) is 2.69. The molecule has 2 fully saturated rings. The van der Waals surface area contributed by atoms with Gasteiger partial charge in [-0.25, -0.2) is 0 Å². The molecule has 2 rings (SSSR count). The number of hydrogen-bond acceptors (Lipinski definition) is 1. The van der Waals surface area contributed by atoms with E-state index >= 15 is 0 Å². The molecular weight excluding hydrogens is 146 g/mol. The van der Waals surface area contributed by atoms with Gasteiger partial charge in [0.15, 0.2) is 0 Å². The van der Waals surface area contributed by atoms with Gasteiger partial charge in [0.25, 0.3) is 0 Å². The van der Waals surface area contributed by atoms with Crippen LogP contribution in [0.3, 0.4) is 0 Å². The van der Waals surface area contributed by atoms with Crippen molar-refractivity contribution in [1.29, 1.82) is 0 Å². The van der Waals surface area contributed by atoms with E-state index in [-0.39, 0.29) is 0 Å². The number of rotatable bonds is 4. The van der Waals surface area contributed by atoms with Crippen LogP contribution < -0.4 is 5.73 Å². The zero-order valence-electron chi connectivity index (χ0n) is 7.97. The van der Waals surface area contributed by atoms with Gasteiger partial charge in [0.1, 0.15) is 0 Å². The predicted molar refractivity (Wildman–Crippen MR) is 51.8 cm³/mol. The van der Waals surface area contributed by atoms with Gasteiger partial charge >= 0.3 is 0 Å². The van der Waals surface area contributed by atoms with Crippen molar-refractivity contribution in [3.8, 4) is 0 Å². The first-order valence-electron chi connectivity index (χ1n) is 5.60. The topological polar surface area (TPSA) is 26.0 Å². The lowest BCUT2D eigenvalue weighted by Crippen LogP contribution is -2.22. The molecule has 1 nitrogen and oxygen atoms in total. The molecule has 2 aliphatic carbocycles. The molecule has 0 heterocycles. The van der Waals surface area contributed by atoms with E-state index in [1.54, 1.807) is 0 Å². The summed E-state index contributed by atoms with van der Waals surface area (Å²) in [6.07, 6.45) is 10.3. The van der Waals surface area contributed by atoms with Gasteiger partial charge in [-0.2, -0.15) is 0 Å². The van der Waals surface area contributed by atoms with E-state index < -0.39 is 0 Å². The zero-order valence-corrected chi connectivity index (χ0v) is 7.97. The Morgan fingerprint density at radius 3 is 2.25 bits per heavy atom. The monoisotopic (exact) mass is 167 g/mol. The molecule has 1 atom stereocenters. The Hall–Kier alpha value is -0.0400. The van der Waals surface area contributed by atoms with Crippen LogP contribution in [-0.4, -0.2) is 6.54 Å².